The number of morpholine rings is 1. The van der Waals surface area contributed by atoms with Gasteiger partial charge in [-0.1, -0.05) is 6.07 Å². The van der Waals surface area contributed by atoms with E-state index in [2.05, 4.69) is 10.2 Å². The van der Waals surface area contributed by atoms with Gasteiger partial charge in [-0.3, -0.25) is 0 Å². The minimum Gasteiger partial charge on any atom is -0.372 e. The van der Waals surface area contributed by atoms with Crippen molar-refractivity contribution in [2.45, 2.75) is 26.1 Å². The van der Waals surface area contributed by atoms with E-state index in [1.807, 2.05) is 13.8 Å². The molecule has 3 nitrogen and oxygen atoms in total. The van der Waals surface area contributed by atoms with Crippen LogP contribution < -0.4 is 5.32 Å². The zero-order valence-corrected chi connectivity index (χ0v) is 11.3. The van der Waals surface area contributed by atoms with E-state index in [4.69, 9.17) is 17.0 Å². The van der Waals surface area contributed by atoms with Gasteiger partial charge in [-0.2, -0.15) is 0 Å². The van der Waals surface area contributed by atoms with Gasteiger partial charge in [0.15, 0.2) is 5.11 Å². The number of benzene rings is 1. The van der Waals surface area contributed by atoms with Crippen molar-refractivity contribution in [1.29, 1.82) is 0 Å². The molecule has 18 heavy (non-hydrogen) atoms. The van der Waals surface area contributed by atoms with Crippen molar-refractivity contribution >= 4 is 23.0 Å². The number of ether oxygens (including phenoxy) is 1. The number of rotatable bonds is 1. The average Bonchev–Trinajstić information content (AvgIpc) is 2.27. The zero-order chi connectivity index (χ0) is 13.1. The monoisotopic (exact) mass is 268 g/mol. The summed E-state index contributed by atoms with van der Waals surface area (Å²) in [5.41, 5.74) is 0.673. The van der Waals surface area contributed by atoms with E-state index >= 15 is 0 Å². The minimum atomic E-state index is -0.272. The van der Waals surface area contributed by atoms with E-state index < -0.39 is 0 Å². The third kappa shape index (κ3) is 3.40. The molecule has 2 rings (SSSR count). The molecule has 0 aromatic heterocycles. The lowest BCUT2D eigenvalue weighted by atomic mass is 10.2. The van der Waals surface area contributed by atoms with E-state index in [-0.39, 0.29) is 18.0 Å². The van der Waals surface area contributed by atoms with Crippen LogP contribution in [-0.4, -0.2) is 35.3 Å². The first-order valence-electron chi connectivity index (χ1n) is 6.01. The van der Waals surface area contributed by atoms with Crippen LogP contribution in [0.1, 0.15) is 13.8 Å². The molecular weight excluding hydrogens is 251 g/mol. The molecule has 1 aliphatic rings. The SMILES string of the molecule is C[C@@H]1CN(C(=S)Nc2cccc(F)c2)C[C@H](C)O1. The maximum atomic E-state index is 13.1. The lowest BCUT2D eigenvalue weighted by Gasteiger charge is -2.36. The van der Waals surface area contributed by atoms with Gasteiger partial charge < -0.3 is 15.0 Å². The molecule has 0 aliphatic carbocycles. The van der Waals surface area contributed by atoms with Crippen LogP contribution >= 0.6 is 12.2 Å². The molecule has 1 aromatic rings. The number of hydrogen-bond acceptors (Lipinski definition) is 2. The molecule has 1 saturated heterocycles. The molecule has 1 N–H and O–H groups in total. The van der Waals surface area contributed by atoms with Gasteiger partial charge in [0.1, 0.15) is 5.82 Å². The number of nitrogens with zero attached hydrogens (tertiary/aromatic N) is 1. The van der Waals surface area contributed by atoms with E-state index in [1.165, 1.54) is 12.1 Å². The number of halogens is 1. The van der Waals surface area contributed by atoms with Crippen LogP contribution in [-0.2, 0) is 4.74 Å². The molecule has 0 spiro atoms. The van der Waals surface area contributed by atoms with Crippen molar-refractivity contribution < 1.29 is 9.13 Å². The van der Waals surface area contributed by atoms with Crippen molar-refractivity contribution in [1.82, 2.24) is 4.90 Å². The van der Waals surface area contributed by atoms with Gasteiger partial charge in [-0.05, 0) is 44.3 Å². The predicted octanol–water partition coefficient (Wildman–Crippen LogP) is 2.63. The van der Waals surface area contributed by atoms with Crippen LogP contribution in [0, 0.1) is 5.82 Å². The van der Waals surface area contributed by atoms with Crippen LogP contribution in [0.15, 0.2) is 24.3 Å². The zero-order valence-electron chi connectivity index (χ0n) is 10.5. The summed E-state index contributed by atoms with van der Waals surface area (Å²) in [5.74, 6) is -0.272. The predicted molar refractivity (Wildman–Crippen MR) is 74.2 cm³/mol. The maximum absolute atomic E-state index is 13.1. The van der Waals surface area contributed by atoms with Crippen molar-refractivity contribution in [3.8, 4) is 0 Å². The van der Waals surface area contributed by atoms with E-state index in [0.29, 0.717) is 10.8 Å². The average molecular weight is 268 g/mol. The van der Waals surface area contributed by atoms with E-state index in [0.717, 1.165) is 13.1 Å². The van der Waals surface area contributed by atoms with E-state index in [9.17, 15) is 4.39 Å². The Balaban J connectivity index is 1.99. The van der Waals surface area contributed by atoms with Crippen LogP contribution in [0.4, 0.5) is 10.1 Å². The molecule has 0 bridgehead atoms. The standard InChI is InChI=1S/C13H17FN2OS/c1-9-7-16(8-10(2)17-9)13(18)15-12-5-3-4-11(14)6-12/h3-6,9-10H,7-8H2,1-2H3,(H,15,18)/t9-,10+. The highest BCUT2D eigenvalue weighted by molar-refractivity contribution is 7.80. The molecule has 98 valence electrons. The number of anilines is 1. The molecule has 0 unspecified atom stereocenters. The van der Waals surface area contributed by atoms with Crippen LogP contribution in [0.25, 0.3) is 0 Å². The minimum absolute atomic E-state index is 0.154. The molecule has 5 heteroatoms. The molecule has 1 aliphatic heterocycles. The highest BCUT2D eigenvalue weighted by Gasteiger charge is 2.23. The molecular formula is C13H17FN2OS. The van der Waals surface area contributed by atoms with Gasteiger partial charge in [0.05, 0.1) is 12.2 Å². The smallest absolute Gasteiger partial charge is 0.173 e. The molecule has 1 aromatic carbocycles. The number of hydrogen-bond donors (Lipinski definition) is 1. The number of nitrogens with one attached hydrogen (secondary N) is 1. The van der Waals surface area contributed by atoms with Crippen molar-refractivity contribution in [3.05, 3.63) is 30.1 Å². The second-order valence-corrected chi connectivity index (χ2v) is 4.99. The maximum Gasteiger partial charge on any atom is 0.173 e. The van der Waals surface area contributed by atoms with Crippen LogP contribution in [0.3, 0.4) is 0 Å². The Morgan fingerprint density at radius 1 is 1.39 bits per heavy atom. The molecule has 2 atom stereocenters. The molecule has 1 fully saturated rings. The Bertz CT molecular complexity index is 431. The van der Waals surface area contributed by atoms with Crippen molar-refractivity contribution in [2.75, 3.05) is 18.4 Å². The largest absolute Gasteiger partial charge is 0.372 e. The summed E-state index contributed by atoms with van der Waals surface area (Å²) in [6, 6.07) is 6.29. The second-order valence-electron chi connectivity index (χ2n) is 4.60. The summed E-state index contributed by atoms with van der Waals surface area (Å²) < 4.78 is 18.7. The molecule has 1 heterocycles. The Labute approximate surface area is 112 Å². The Hall–Kier alpha value is -1.20. The topological polar surface area (TPSA) is 24.5 Å². The molecule has 0 radical (unpaired) electrons. The van der Waals surface area contributed by atoms with Crippen molar-refractivity contribution in [2.24, 2.45) is 0 Å². The highest BCUT2D eigenvalue weighted by Crippen LogP contribution is 2.14. The summed E-state index contributed by atoms with van der Waals surface area (Å²) >= 11 is 5.34. The normalized spacial score (nSPS) is 23.8. The Kier molecular flexibility index (Phi) is 4.14. The van der Waals surface area contributed by atoms with Gasteiger partial charge in [-0.25, -0.2) is 4.39 Å². The van der Waals surface area contributed by atoms with Gasteiger partial charge in [0.2, 0.25) is 0 Å². The van der Waals surface area contributed by atoms with Crippen molar-refractivity contribution in [3.63, 3.8) is 0 Å². The summed E-state index contributed by atoms with van der Waals surface area (Å²) in [6.45, 7) is 5.55. The molecule has 0 amide bonds. The lowest BCUT2D eigenvalue weighted by Crippen LogP contribution is -2.49. The highest BCUT2D eigenvalue weighted by atomic mass is 32.1. The fourth-order valence-corrected chi connectivity index (χ4v) is 2.38. The first kappa shape index (κ1) is 13.2. The van der Waals surface area contributed by atoms with Gasteiger partial charge in [0, 0.05) is 18.8 Å². The lowest BCUT2D eigenvalue weighted by molar-refractivity contribution is -0.0473. The number of thiocarbonyl (C=S) groups is 1. The third-order valence-electron chi connectivity index (χ3n) is 2.78. The summed E-state index contributed by atoms with van der Waals surface area (Å²) in [4.78, 5) is 2.05. The van der Waals surface area contributed by atoms with Crippen LogP contribution in [0.2, 0.25) is 0 Å². The first-order chi connectivity index (χ1) is 8.54. The third-order valence-corrected chi connectivity index (χ3v) is 3.14. The summed E-state index contributed by atoms with van der Waals surface area (Å²) in [5, 5.41) is 3.67. The van der Waals surface area contributed by atoms with Gasteiger partial charge in [0.25, 0.3) is 0 Å². The second kappa shape index (κ2) is 5.63. The summed E-state index contributed by atoms with van der Waals surface area (Å²) in [6.07, 6.45) is 0.307. The Morgan fingerprint density at radius 2 is 2.06 bits per heavy atom. The van der Waals surface area contributed by atoms with Gasteiger partial charge >= 0.3 is 0 Å². The summed E-state index contributed by atoms with van der Waals surface area (Å²) in [7, 11) is 0. The molecule has 0 saturated carbocycles. The van der Waals surface area contributed by atoms with E-state index in [1.54, 1.807) is 12.1 Å². The first-order valence-corrected chi connectivity index (χ1v) is 6.42. The van der Waals surface area contributed by atoms with Crippen LogP contribution in [0.5, 0.6) is 0 Å². The fraction of sp³-hybridized carbons (Fsp3) is 0.462. The van der Waals surface area contributed by atoms with Gasteiger partial charge in [-0.15, -0.1) is 0 Å². The Morgan fingerprint density at radius 3 is 2.67 bits per heavy atom. The quantitative estimate of drug-likeness (QED) is 0.791. The fourth-order valence-electron chi connectivity index (χ4n) is 2.11.